The molecule has 0 unspecified atom stereocenters. The third-order valence-corrected chi connectivity index (χ3v) is 4.76. The predicted molar refractivity (Wildman–Crippen MR) is 81.2 cm³/mol. The van der Waals surface area contributed by atoms with Gasteiger partial charge in [0.1, 0.15) is 0 Å². The molecule has 0 aliphatic carbocycles. The van der Waals surface area contributed by atoms with Crippen molar-refractivity contribution in [1.82, 2.24) is 4.90 Å². The molecule has 3 heteroatoms. The molecule has 104 valence electrons. The summed E-state index contributed by atoms with van der Waals surface area (Å²) in [5, 5.41) is 10.9. The van der Waals surface area contributed by atoms with Crippen LogP contribution >= 0.6 is 11.3 Å². The van der Waals surface area contributed by atoms with Gasteiger partial charge in [-0.25, -0.2) is 0 Å². The summed E-state index contributed by atoms with van der Waals surface area (Å²) in [6, 6.07) is 2.10. The molecule has 1 saturated heterocycles. The number of nitrogens with zero attached hydrogens (tertiary/aromatic N) is 1. The Labute approximate surface area is 120 Å². The maximum atomic E-state index is 8.77. The van der Waals surface area contributed by atoms with Crippen LogP contribution in [0.3, 0.4) is 0 Å². The number of hydrogen-bond donors (Lipinski definition) is 1. The quantitative estimate of drug-likeness (QED) is 0.855. The van der Waals surface area contributed by atoms with Crippen molar-refractivity contribution in [2.75, 3.05) is 19.7 Å². The summed E-state index contributed by atoms with van der Waals surface area (Å²) in [4.78, 5) is 3.93. The average Bonchev–Trinajstić information content (AvgIpc) is 2.87. The van der Waals surface area contributed by atoms with Gasteiger partial charge in [-0.15, -0.1) is 11.3 Å². The van der Waals surface area contributed by atoms with Gasteiger partial charge in [0.2, 0.25) is 0 Å². The number of aliphatic hydroxyl groups excluding tert-OH is 1. The fourth-order valence-electron chi connectivity index (χ4n) is 2.54. The van der Waals surface area contributed by atoms with Gasteiger partial charge in [-0.2, -0.15) is 0 Å². The van der Waals surface area contributed by atoms with Gasteiger partial charge in [0.15, 0.2) is 0 Å². The Morgan fingerprint density at radius 3 is 2.89 bits per heavy atom. The van der Waals surface area contributed by atoms with E-state index in [1.807, 2.05) is 0 Å². The van der Waals surface area contributed by atoms with Gasteiger partial charge in [0.25, 0.3) is 0 Å². The van der Waals surface area contributed by atoms with E-state index in [1.54, 1.807) is 11.3 Å². The number of likely N-dealkylation sites (tertiary alicyclic amines) is 1. The molecule has 19 heavy (non-hydrogen) atoms. The van der Waals surface area contributed by atoms with E-state index in [-0.39, 0.29) is 6.61 Å². The number of piperidine rings is 1. The third kappa shape index (κ3) is 4.35. The molecule has 0 radical (unpaired) electrons. The van der Waals surface area contributed by atoms with Crippen molar-refractivity contribution >= 4 is 11.3 Å². The van der Waals surface area contributed by atoms with Gasteiger partial charge in [-0.1, -0.05) is 25.2 Å². The highest BCUT2D eigenvalue weighted by molar-refractivity contribution is 7.10. The Morgan fingerprint density at radius 2 is 2.21 bits per heavy atom. The zero-order valence-electron chi connectivity index (χ0n) is 11.7. The lowest BCUT2D eigenvalue weighted by Gasteiger charge is -2.31. The molecular weight excluding hydrogens is 254 g/mol. The first-order chi connectivity index (χ1) is 9.33. The Hall–Kier alpha value is -0.820. The van der Waals surface area contributed by atoms with Crippen molar-refractivity contribution in [3.8, 4) is 11.8 Å². The lowest BCUT2D eigenvalue weighted by Crippen LogP contribution is -2.32. The van der Waals surface area contributed by atoms with Crippen LogP contribution in [0.25, 0.3) is 0 Å². The van der Waals surface area contributed by atoms with E-state index in [1.165, 1.54) is 37.2 Å². The molecule has 2 nitrogen and oxygen atoms in total. The average molecular weight is 277 g/mol. The molecule has 1 fully saturated rings. The second kappa shape index (κ2) is 7.69. The molecule has 0 spiro atoms. The van der Waals surface area contributed by atoms with Crippen molar-refractivity contribution in [2.45, 2.75) is 39.2 Å². The van der Waals surface area contributed by atoms with Crippen LogP contribution in [0.5, 0.6) is 0 Å². The summed E-state index contributed by atoms with van der Waals surface area (Å²) in [7, 11) is 0. The highest BCUT2D eigenvalue weighted by Gasteiger charge is 2.18. The first-order valence-electron chi connectivity index (χ1n) is 7.22. The van der Waals surface area contributed by atoms with Crippen LogP contribution < -0.4 is 0 Å². The predicted octanol–water partition coefficient (Wildman–Crippen LogP) is 3.10. The summed E-state index contributed by atoms with van der Waals surface area (Å²) in [5.74, 6) is 7.13. The minimum atomic E-state index is 0.150. The van der Waals surface area contributed by atoms with Crippen molar-refractivity contribution < 1.29 is 5.11 Å². The summed E-state index contributed by atoms with van der Waals surface area (Å²) in [6.45, 7) is 5.93. The van der Waals surface area contributed by atoms with Crippen LogP contribution in [0, 0.1) is 17.8 Å². The Kier molecular flexibility index (Phi) is 5.91. The van der Waals surface area contributed by atoms with E-state index in [0.717, 1.165) is 18.0 Å². The monoisotopic (exact) mass is 277 g/mol. The second-order valence-electron chi connectivity index (χ2n) is 5.16. The number of rotatable bonds is 4. The molecule has 0 atom stereocenters. The highest BCUT2D eigenvalue weighted by atomic mass is 32.1. The Morgan fingerprint density at radius 1 is 1.42 bits per heavy atom. The van der Waals surface area contributed by atoms with Crippen LogP contribution in [0.1, 0.15) is 43.0 Å². The van der Waals surface area contributed by atoms with Crippen LogP contribution in [-0.2, 0) is 6.54 Å². The van der Waals surface area contributed by atoms with Gasteiger partial charge in [0, 0.05) is 23.4 Å². The van der Waals surface area contributed by atoms with E-state index in [9.17, 15) is 0 Å². The minimum Gasteiger partial charge on any atom is -0.395 e. The van der Waals surface area contributed by atoms with Gasteiger partial charge in [-0.05, 0) is 43.3 Å². The summed E-state index contributed by atoms with van der Waals surface area (Å²) in [5.41, 5.74) is 1.15. The summed E-state index contributed by atoms with van der Waals surface area (Å²) >= 11 is 1.80. The van der Waals surface area contributed by atoms with Crippen molar-refractivity contribution in [1.29, 1.82) is 0 Å². The molecule has 2 rings (SSSR count). The molecule has 1 aliphatic rings. The maximum Gasteiger partial charge on any atom is 0.0540 e. The zero-order chi connectivity index (χ0) is 13.5. The minimum absolute atomic E-state index is 0.150. The molecule has 2 heterocycles. The van der Waals surface area contributed by atoms with Gasteiger partial charge in [-0.3, -0.25) is 4.90 Å². The van der Waals surface area contributed by atoms with E-state index in [2.05, 4.69) is 35.1 Å². The normalized spacial score (nSPS) is 17.2. The van der Waals surface area contributed by atoms with Crippen molar-refractivity contribution in [2.24, 2.45) is 5.92 Å². The number of hydrogen-bond acceptors (Lipinski definition) is 3. The van der Waals surface area contributed by atoms with Crippen LogP contribution in [0.2, 0.25) is 0 Å². The summed E-state index contributed by atoms with van der Waals surface area (Å²) in [6.07, 6.45) is 4.57. The SMILES string of the molecule is CCC1CCN(Cc2sccc2C#CCCO)CC1. The maximum absolute atomic E-state index is 8.77. The van der Waals surface area contributed by atoms with Crippen LogP contribution in [0.15, 0.2) is 11.4 Å². The molecule has 0 aromatic carbocycles. The highest BCUT2D eigenvalue weighted by Crippen LogP contribution is 2.24. The van der Waals surface area contributed by atoms with Gasteiger partial charge < -0.3 is 5.11 Å². The van der Waals surface area contributed by atoms with Crippen molar-refractivity contribution in [3.05, 3.63) is 21.9 Å². The first kappa shape index (κ1) is 14.6. The third-order valence-electron chi connectivity index (χ3n) is 3.86. The molecule has 1 N–H and O–H groups in total. The topological polar surface area (TPSA) is 23.5 Å². The van der Waals surface area contributed by atoms with Crippen LogP contribution in [-0.4, -0.2) is 29.7 Å². The second-order valence-corrected chi connectivity index (χ2v) is 6.16. The fraction of sp³-hybridized carbons (Fsp3) is 0.625. The first-order valence-corrected chi connectivity index (χ1v) is 8.10. The van der Waals surface area contributed by atoms with Gasteiger partial charge in [0.05, 0.1) is 6.61 Å². The zero-order valence-corrected chi connectivity index (χ0v) is 12.5. The van der Waals surface area contributed by atoms with E-state index >= 15 is 0 Å². The van der Waals surface area contributed by atoms with Crippen LogP contribution in [0.4, 0.5) is 0 Å². The van der Waals surface area contributed by atoms with E-state index in [0.29, 0.717) is 6.42 Å². The number of thiophene rings is 1. The molecule has 1 aliphatic heterocycles. The fourth-order valence-corrected chi connectivity index (χ4v) is 3.42. The molecule has 0 amide bonds. The molecular formula is C16H23NOS. The Balaban J connectivity index is 1.90. The number of aliphatic hydroxyl groups is 1. The van der Waals surface area contributed by atoms with E-state index < -0.39 is 0 Å². The molecule has 0 bridgehead atoms. The largest absolute Gasteiger partial charge is 0.395 e. The van der Waals surface area contributed by atoms with Gasteiger partial charge >= 0.3 is 0 Å². The lowest BCUT2D eigenvalue weighted by atomic mass is 9.94. The smallest absolute Gasteiger partial charge is 0.0540 e. The molecule has 0 saturated carbocycles. The van der Waals surface area contributed by atoms with E-state index in [4.69, 9.17) is 5.11 Å². The lowest BCUT2D eigenvalue weighted by molar-refractivity contribution is 0.176. The summed E-state index contributed by atoms with van der Waals surface area (Å²) < 4.78 is 0. The van der Waals surface area contributed by atoms with Crippen molar-refractivity contribution in [3.63, 3.8) is 0 Å². The molecule has 1 aromatic heterocycles. The molecule has 1 aromatic rings. The standard InChI is InChI=1S/C16H23NOS/c1-2-14-6-9-17(10-7-14)13-16-15(8-12-19-16)5-3-4-11-18/h8,12,14,18H,2,4,6-7,9-11,13H2,1H3. The Bertz CT molecular complexity index is 435.